The number of carbonyl (C=O) groups is 1. The first-order chi connectivity index (χ1) is 12.6. The molecule has 3 rings (SSSR count). The second kappa shape index (κ2) is 7.89. The molecule has 0 bridgehead atoms. The number of anilines is 1. The van der Waals surface area contributed by atoms with E-state index >= 15 is 0 Å². The van der Waals surface area contributed by atoms with E-state index in [2.05, 4.69) is 11.4 Å². The molecule has 0 fully saturated rings. The molecule has 2 aromatic rings. The summed E-state index contributed by atoms with van der Waals surface area (Å²) in [6.45, 7) is 3.56. The van der Waals surface area contributed by atoms with Crippen LogP contribution in [-0.2, 0) is 11.3 Å². The molecule has 0 saturated carbocycles. The molecule has 1 aliphatic rings. The second-order valence-electron chi connectivity index (χ2n) is 6.25. The number of carbonyl (C=O) groups excluding carboxylic acids is 1. The topological polar surface area (TPSA) is 74.6 Å². The number of amides is 1. The smallest absolute Gasteiger partial charge is 0.241 e. The van der Waals surface area contributed by atoms with Gasteiger partial charge in [-0.3, -0.25) is 9.69 Å². The summed E-state index contributed by atoms with van der Waals surface area (Å²) in [5.74, 6) is 1.37. The lowest BCUT2D eigenvalue weighted by Gasteiger charge is -2.25. The van der Waals surface area contributed by atoms with Crippen molar-refractivity contribution in [1.82, 2.24) is 4.90 Å². The van der Waals surface area contributed by atoms with Crippen LogP contribution in [0, 0.1) is 11.3 Å². The third kappa shape index (κ3) is 4.13. The lowest BCUT2D eigenvalue weighted by molar-refractivity contribution is -0.120. The van der Waals surface area contributed by atoms with Crippen molar-refractivity contribution in [2.45, 2.75) is 19.5 Å². The predicted molar refractivity (Wildman–Crippen MR) is 98.1 cm³/mol. The summed E-state index contributed by atoms with van der Waals surface area (Å²) in [5.41, 5.74) is 2.18. The van der Waals surface area contributed by atoms with Gasteiger partial charge in [-0.15, -0.1) is 0 Å². The van der Waals surface area contributed by atoms with Crippen LogP contribution >= 0.6 is 0 Å². The molecule has 1 aliphatic heterocycles. The molecule has 0 aromatic heterocycles. The van der Waals surface area contributed by atoms with E-state index in [1.54, 1.807) is 24.3 Å². The Labute approximate surface area is 152 Å². The van der Waals surface area contributed by atoms with Crippen molar-refractivity contribution in [3.8, 4) is 17.6 Å². The highest BCUT2D eigenvalue weighted by molar-refractivity contribution is 5.94. The van der Waals surface area contributed by atoms with E-state index < -0.39 is 0 Å². The number of benzene rings is 2. The maximum absolute atomic E-state index is 12.5. The lowest BCUT2D eigenvalue weighted by Crippen LogP contribution is -2.39. The Bertz CT molecular complexity index is 844. The number of hydrogen-bond acceptors (Lipinski definition) is 5. The van der Waals surface area contributed by atoms with E-state index in [9.17, 15) is 4.79 Å². The number of rotatable bonds is 5. The van der Waals surface area contributed by atoms with Gasteiger partial charge < -0.3 is 14.8 Å². The van der Waals surface area contributed by atoms with E-state index in [0.717, 1.165) is 17.1 Å². The van der Waals surface area contributed by atoms with Gasteiger partial charge in [0.05, 0.1) is 17.7 Å². The maximum Gasteiger partial charge on any atom is 0.241 e. The Hall–Kier alpha value is -3.04. The van der Waals surface area contributed by atoms with Crippen LogP contribution in [-0.4, -0.2) is 37.1 Å². The van der Waals surface area contributed by atoms with Crippen LogP contribution in [0.1, 0.15) is 18.1 Å². The van der Waals surface area contributed by atoms with Crippen molar-refractivity contribution < 1.29 is 14.3 Å². The molecule has 0 radical (unpaired) electrons. The third-order valence-electron chi connectivity index (χ3n) is 4.34. The number of fused-ring (bicyclic) bond motifs is 1. The molecule has 6 nitrogen and oxygen atoms in total. The highest BCUT2D eigenvalue weighted by Crippen LogP contribution is 2.31. The average molecular weight is 351 g/mol. The Morgan fingerprint density at radius 2 is 2.00 bits per heavy atom. The molecule has 0 saturated heterocycles. The Kier molecular flexibility index (Phi) is 5.40. The van der Waals surface area contributed by atoms with Gasteiger partial charge in [0.25, 0.3) is 0 Å². The number of nitriles is 1. The number of hydrogen-bond donors (Lipinski definition) is 1. The summed E-state index contributed by atoms with van der Waals surface area (Å²) in [4.78, 5) is 14.4. The Balaban J connectivity index is 1.62. The van der Waals surface area contributed by atoms with Crippen LogP contribution in [0.2, 0.25) is 0 Å². The first kappa shape index (κ1) is 17.8. The van der Waals surface area contributed by atoms with Crippen LogP contribution in [0.15, 0.2) is 42.5 Å². The fraction of sp³-hybridized carbons (Fsp3) is 0.300. The molecular formula is C20H21N3O3. The largest absolute Gasteiger partial charge is 0.486 e. The summed E-state index contributed by atoms with van der Waals surface area (Å²) in [6.07, 6.45) is 0. The first-order valence-corrected chi connectivity index (χ1v) is 8.46. The van der Waals surface area contributed by atoms with Crippen LogP contribution < -0.4 is 14.8 Å². The summed E-state index contributed by atoms with van der Waals surface area (Å²) in [5, 5.41) is 11.8. The lowest BCUT2D eigenvalue weighted by atomic mass is 10.1. The molecule has 1 N–H and O–H groups in total. The van der Waals surface area contributed by atoms with Crippen molar-refractivity contribution in [3.05, 3.63) is 53.6 Å². The van der Waals surface area contributed by atoms with Crippen molar-refractivity contribution in [1.29, 1.82) is 5.26 Å². The Morgan fingerprint density at radius 3 is 2.77 bits per heavy atom. The Morgan fingerprint density at radius 1 is 1.23 bits per heavy atom. The second-order valence-corrected chi connectivity index (χ2v) is 6.25. The minimum atomic E-state index is -0.339. The highest BCUT2D eigenvalue weighted by atomic mass is 16.6. The first-order valence-electron chi connectivity index (χ1n) is 8.46. The number of nitrogens with zero attached hydrogens (tertiary/aromatic N) is 2. The molecular weight excluding hydrogens is 330 g/mol. The zero-order valence-electron chi connectivity index (χ0n) is 14.9. The van der Waals surface area contributed by atoms with Gasteiger partial charge in [-0.05, 0) is 49.9 Å². The van der Waals surface area contributed by atoms with Crippen molar-refractivity contribution in [3.63, 3.8) is 0 Å². The SMILES string of the molecule is C[C@H](C(=O)Nc1cccc(C#N)c1)N(C)Cc1ccc2c(c1)OCCO2. The minimum absolute atomic E-state index is 0.125. The highest BCUT2D eigenvalue weighted by Gasteiger charge is 2.19. The number of nitrogens with one attached hydrogen (secondary N) is 1. The number of ether oxygens (including phenoxy) is 2. The summed E-state index contributed by atoms with van der Waals surface area (Å²) in [6, 6.07) is 14.4. The molecule has 6 heteroatoms. The molecule has 134 valence electrons. The molecule has 0 spiro atoms. The van der Waals surface area contributed by atoms with Crippen molar-refractivity contribution >= 4 is 11.6 Å². The van der Waals surface area contributed by atoms with Crippen molar-refractivity contribution in [2.75, 3.05) is 25.6 Å². The average Bonchev–Trinajstić information content (AvgIpc) is 2.67. The van der Waals surface area contributed by atoms with Crippen LogP contribution in [0.25, 0.3) is 0 Å². The van der Waals surface area contributed by atoms with E-state index in [-0.39, 0.29) is 11.9 Å². The quantitative estimate of drug-likeness (QED) is 0.896. The molecule has 0 unspecified atom stereocenters. The monoisotopic (exact) mass is 351 g/mol. The normalized spacial score (nSPS) is 13.8. The standard InChI is InChI=1S/C20H21N3O3/c1-14(20(24)22-17-5-3-4-15(10-17)12-21)23(2)13-16-6-7-18-19(11-16)26-9-8-25-18/h3-7,10-11,14H,8-9,13H2,1-2H3,(H,22,24)/t14-/m1/s1. The summed E-state index contributed by atoms with van der Waals surface area (Å²) in [7, 11) is 1.90. The van der Waals surface area contributed by atoms with Gasteiger partial charge in [0.15, 0.2) is 11.5 Å². The molecule has 1 amide bonds. The van der Waals surface area contributed by atoms with Gasteiger partial charge >= 0.3 is 0 Å². The van der Waals surface area contributed by atoms with E-state index in [1.165, 1.54) is 0 Å². The molecule has 2 aromatic carbocycles. The van der Waals surface area contributed by atoms with Gasteiger partial charge in [-0.2, -0.15) is 5.26 Å². The van der Waals surface area contributed by atoms with Gasteiger partial charge in [0.2, 0.25) is 5.91 Å². The zero-order chi connectivity index (χ0) is 18.5. The van der Waals surface area contributed by atoms with Gasteiger partial charge in [-0.25, -0.2) is 0 Å². The zero-order valence-corrected chi connectivity index (χ0v) is 14.9. The van der Waals surface area contributed by atoms with Crippen molar-refractivity contribution in [2.24, 2.45) is 0 Å². The van der Waals surface area contributed by atoms with Gasteiger partial charge in [0.1, 0.15) is 13.2 Å². The third-order valence-corrected chi connectivity index (χ3v) is 4.34. The fourth-order valence-electron chi connectivity index (χ4n) is 2.72. The maximum atomic E-state index is 12.5. The molecule has 1 heterocycles. The molecule has 26 heavy (non-hydrogen) atoms. The van der Waals surface area contributed by atoms with Crippen LogP contribution in [0.3, 0.4) is 0 Å². The van der Waals surface area contributed by atoms with Gasteiger partial charge in [-0.1, -0.05) is 12.1 Å². The number of likely N-dealkylation sites (N-methyl/N-ethyl adjacent to an activating group) is 1. The summed E-state index contributed by atoms with van der Waals surface area (Å²) < 4.78 is 11.1. The van der Waals surface area contributed by atoms with E-state index in [1.807, 2.05) is 37.1 Å². The van der Waals surface area contributed by atoms with Crippen LogP contribution in [0.4, 0.5) is 5.69 Å². The molecule has 0 aliphatic carbocycles. The van der Waals surface area contributed by atoms with Gasteiger partial charge in [0, 0.05) is 12.2 Å². The van der Waals surface area contributed by atoms with E-state index in [0.29, 0.717) is 31.0 Å². The summed E-state index contributed by atoms with van der Waals surface area (Å²) >= 11 is 0. The van der Waals surface area contributed by atoms with E-state index in [4.69, 9.17) is 14.7 Å². The minimum Gasteiger partial charge on any atom is -0.486 e. The molecule has 1 atom stereocenters. The predicted octanol–water partition coefficient (Wildman–Crippen LogP) is 2.79. The van der Waals surface area contributed by atoms with Crippen LogP contribution in [0.5, 0.6) is 11.5 Å². The fourth-order valence-corrected chi connectivity index (χ4v) is 2.72.